The highest BCUT2D eigenvalue weighted by molar-refractivity contribution is 6.30. The Balaban J connectivity index is 1.31. The SMILES string of the molecule is Cc1c(C(=O)OC(C)(C)C)ccc2c1CC[C@@H]2NC(=O)c1cc(C(=O)NCc2ccc(F)c(F)c2)nc2c(C(=O)Cc3cccc(Cl)c3)cnn12. The third kappa shape index (κ3) is 7.65. The van der Waals surface area contributed by atoms with Gasteiger partial charge in [0.05, 0.1) is 23.4 Å². The van der Waals surface area contributed by atoms with Crippen LogP contribution in [-0.4, -0.2) is 43.8 Å². The van der Waals surface area contributed by atoms with Gasteiger partial charge in [-0.2, -0.15) is 5.10 Å². The summed E-state index contributed by atoms with van der Waals surface area (Å²) in [5.41, 5.74) is 3.12. The van der Waals surface area contributed by atoms with Crippen molar-refractivity contribution in [2.24, 2.45) is 0 Å². The summed E-state index contributed by atoms with van der Waals surface area (Å²) in [4.78, 5) is 58.2. The van der Waals surface area contributed by atoms with Gasteiger partial charge in [-0.25, -0.2) is 23.1 Å². The van der Waals surface area contributed by atoms with Crippen LogP contribution in [0.5, 0.6) is 0 Å². The van der Waals surface area contributed by atoms with Gasteiger partial charge < -0.3 is 15.4 Å². The number of carbonyl (C=O) groups is 4. The maximum atomic E-state index is 14.0. The van der Waals surface area contributed by atoms with Crippen LogP contribution in [0, 0.1) is 18.6 Å². The van der Waals surface area contributed by atoms with E-state index in [0.717, 1.165) is 28.8 Å². The quantitative estimate of drug-likeness (QED) is 0.128. The van der Waals surface area contributed by atoms with Crippen LogP contribution in [0.3, 0.4) is 0 Å². The highest BCUT2D eigenvalue weighted by Crippen LogP contribution is 2.35. The molecule has 0 fully saturated rings. The molecule has 2 heterocycles. The van der Waals surface area contributed by atoms with E-state index >= 15 is 0 Å². The van der Waals surface area contributed by atoms with E-state index in [1.54, 1.807) is 57.2 Å². The number of ether oxygens (including phenoxy) is 1. The van der Waals surface area contributed by atoms with Crippen molar-refractivity contribution in [3.8, 4) is 0 Å². The average molecular weight is 714 g/mol. The van der Waals surface area contributed by atoms with Crippen molar-refractivity contribution in [3.63, 3.8) is 0 Å². The molecule has 51 heavy (non-hydrogen) atoms. The Morgan fingerprint density at radius 3 is 2.47 bits per heavy atom. The van der Waals surface area contributed by atoms with E-state index in [4.69, 9.17) is 16.3 Å². The molecule has 1 aliphatic rings. The number of ketones is 1. The molecule has 0 aliphatic heterocycles. The minimum Gasteiger partial charge on any atom is -0.456 e. The fourth-order valence-corrected chi connectivity index (χ4v) is 6.32. The monoisotopic (exact) mass is 713 g/mol. The summed E-state index contributed by atoms with van der Waals surface area (Å²) in [5.74, 6) is -4.18. The maximum Gasteiger partial charge on any atom is 0.338 e. The number of nitrogens with one attached hydrogen (secondary N) is 2. The number of aromatic nitrogens is 3. The molecule has 0 saturated heterocycles. The topological polar surface area (TPSA) is 132 Å². The third-order valence-electron chi connectivity index (χ3n) is 8.55. The van der Waals surface area contributed by atoms with Crippen molar-refractivity contribution in [1.82, 2.24) is 25.2 Å². The van der Waals surface area contributed by atoms with Gasteiger partial charge in [-0.15, -0.1) is 0 Å². The zero-order valence-corrected chi connectivity index (χ0v) is 29.0. The predicted octanol–water partition coefficient (Wildman–Crippen LogP) is 6.70. The molecule has 13 heteroatoms. The second-order valence-corrected chi connectivity index (χ2v) is 13.8. The molecule has 2 aromatic heterocycles. The Labute approximate surface area is 297 Å². The van der Waals surface area contributed by atoms with Gasteiger partial charge in [-0.3, -0.25) is 14.4 Å². The zero-order valence-electron chi connectivity index (χ0n) is 28.3. The van der Waals surface area contributed by atoms with E-state index in [0.29, 0.717) is 34.6 Å². The van der Waals surface area contributed by atoms with Crippen molar-refractivity contribution >= 4 is 40.8 Å². The van der Waals surface area contributed by atoms with E-state index < -0.39 is 41.1 Å². The summed E-state index contributed by atoms with van der Waals surface area (Å²) in [6.07, 6.45) is 2.41. The van der Waals surface area contributed by atoms with Crippen molar-refractivity contribution in [1.29, 1.82) is 0 Å². The highest BCUT2D eigenvalue weighted by atomic mass is 35.5. The molecule has 10 nitrogen and oxygen atoms in total. The van der Waals surface area contributed by atoms with E-state index in [1.807, 2.05) is 6.92 Å². The molecule has 0 radical (unpaired) electrons. The zero-order chi connectivity index (χ0) is 36.6. The van der Waals surface area contributed by atoms with E-state index in [-0.39, 0.29) is 41.3 Å². The lowest BCUT2D eigenvalue weighted by Crippen LogP contribution is -2.31. The van der Waals surface area contributed by atoms with Crippen LogP contribution in [0.1, 0.15) is 103 Å². The number of esters is 1. The molecule has 262 valence electrons. The number of nitrogens with zero attached hydrogens (tertiary/aromatic N) is 3. The smallest absolute Gasteiger partial charge is 0.338 e. The maximum absolute atomic E-state index is 14.0. The van der Waals surface area contributed by atoms with E-state index in [9.17, 15) is 28.0 Å². The van der Waals surface area contributed by atoms with E-state index in [2.05, 4.69) is 20.7 Å². The normalized spacial score (nSPS) is 13.9. The Hall–Kier alpha value is -5.49. The van der Waals surface area contributed by atoms with Gasteiger partial charge >= 0.3 is 5.97 Å². The Kier molecular flexibility index (Phi) is 9.72. The predicted molar refractivity (Wildman–Crippen MR) is 185 cm³/mol. The van der Waals surface area contributed by atoms with Gasteiger partial charge in [0, 0.05) is 24.1 Å². The lowest BCUT2D eigenvalue weighted by atomic mass is 9.97. The number of hydrogen-bond donors (Lipinski definition) is 2. The van der Waals surface area contributed by atoms with Crippen LogP contribution in [0.15, 0.2) is 66.9 Å². The van der Waals surface area contributed by atoms with Crippen LogP contribution >= 0.6 is 11.6 Å². The van der Waals surface area contributed by atoms with Crippen LogP contribution in [0.25, 0.3) is 5.65 Å². The van der Waals surface area contributed by atoms with Gasteiger partial charge in [0.2, 0.25) is 0 Å². The minimum atomic E-state index is -1.06. The number of rotatable bonds is 9. The molecular formula is C38H34ClF2N5O5. The van der Waals surface area contributed by atoms with Crippen molar-refractivity contribution in [2.45, 2.75) is 65.1 Å². The minimum absolute atomic E-state index is 0.0164. The Morgan fingerprint density at radius 1 is 0.961 bits per heavy atom. The summed E-state index contributed by atoms with van der Waals surface area (Å²) in [5, 5.41) is 10.4. The second kappa shape index (κ2) is 14.0. The van der Waals surface area contributed by atoms with Gasteiger partial charge in [-0.05, 0) is 98.7 Å². The number of halogens is 3. The number of carbonyl (C=O) groups excluding carboxylic acids is 4. The van der Waals surface area contributed by atoms with Crippen molar-refractivity contribution in [2.75, 3.05) is 0 Å². The van der Waals surface area contributed by atoms with Crippen LogP contribution in [0.2, 0.25) is 5.02 Å². The molecule has 1 aliphatic carbocycles. The second-order valence-electron chi connectivity index (χ2n) is 13.4. The van der Waals surface area contributed by atoms with Gasteiger partial charge in [0.1, 0.15) is 17.0 Å². The largest absolute Gasteiger partial charge is 0.456 e. The number of hydrogen-bond acceptors (Lipinski definition) is 7. The Morgan fingerprint density at radius 2 is 1.75 bits per heavy atom. The first kappa shape index (κ1) is 35.3. The van der Waals surface area contributed by atoms with Crippen LogP contribution < -0.4 is 10.6 Å². The molecule has 0 bridgehead atoms. The first-order valence-corrected chi connectivity index (χ1v) is 16.6. The molecule has 0 unspecified atom stereocenters. The molecule has 6 rings (SSSR count). The molecule has 5 aromatic rings. The van der Waals surface area contributed by atoms with Crippen LogP contribution in [0.4, 0.5) is 8.78 Å². The lowest BCUT2D eigenvalue weighted by molar-refractivity contribution is 0.00682. The first-order valence-electron chi connectivity index (χ1n) is 16.2. The van der Waals surface area contributed by atoms with Crippen LogP contribution in [-0.2, 0) is 24.1 Å². The summed E-state index contributed by atoms with van der Waals surface area (Å²) in [6.45, 7) is 7.09. The molecule has 2 amide bonds. The summed E-state index contributed by atoms with van der Waals surface area (Å²) in [6, 6.07) is 14.4. The van der Waals surface area contributed by atoms with Gasteiger partial charge in [-0.1, -0.05) is 35.9 Å². The summed E-state index contributed by atoms with van der Waals surface area (Å²) in [7, 11) is 0. The fraction of sp³-hybridized carbons (Fsp3) is 0.263. The van der Waals surface area contributed by atoms with Gasteiger partial charge in [0.25, 0.3) is 11.8 Å². The average Bonchev–Trinajstić information content (AvgIpc) is 3.69. The van der Waals surface area contributed by atoms with Crippen molar-refractivity contribution in [3.05, 3.63) is 134 Å². The molecule has 1 atom stereocenters. The third-order valence-corrected chi connectivity index (χ3v) is 8.78. The number of amides is 2. The lowest BCUT2D eigenvalue weighted by Gasteiger charge is -2.21. The number of Topliss-reactive ketones (excluding diaryl/α,β-unsaturated/α-hetero) is 1. The standard InChI is InChI=1S/C38H34ClF2N5O5/c1-20-24-11-13-30(26(24)10-9-25(20)37(50)51-38(2,3)4)45-36(49)32-17-31(35(48)42-18-22-8-12-28(40)29(41)15-22)44-34-27(19-43-46(32)34)33(47)16-21-6-5-7-23(39)14-21/h5-10,12,14-15,17,19,30H,11,13,16,18H2,1-4H3,(H,42,48)(H,45,49)/t30-/m0/s1. The molecule has 0 spiro atoms. The van der Waals surface area contributed by atoms with Gasteiger partial charge in [0.15, 0.2) is 23.1 Å². The number of fused-ring (bicyclic) bond motifs is 2. The van der Waals surface area contributed by atoms with E-state index in [1.165, 1.54) is 22.8 Å². The fourth-order valence-electron chi connectivity index (χ4n) is 6.10. The summed E-state index contributed by atoms with van der Waals surface area (Å²) >= 11 is 6.12. The number of benzene rings is 3. The molecule has 3 aromatic carbocycles. The Bertz CT molecular complexity index is 2230. The molecule has 0 saturated carbocycles. The molecule has 2 N–H and O–H groups in total. The van der Waals surface area contributed by atoms with Crippen molar-refractivity contribution < 1.29 is 32.7 Å². The summed E-state index contributed by atoms with van der Waals surface area (Å²) < 4.78 is 34.0. The first-order chi connectivity index (χ1) is 24.2. The molecular weight excluding hydrogens is 680 g/mol. The highest BCUT2D eigenvalue weighted by Gasteiger charge is 2.30.